The maximum Gasteiger partial charge on any atom is 0.358 e. The molecule has 0 bridgehead atoms. The molecule has 0 aliphatic carbocycles. The number of nitrogens with zero attached hydrogens (tertiary/aromatic N) is 3. The van der Waals surface area contributed by atoms with E-state index in [0.717, 1.165) is 16.5 Å². The van der Waals surface area contributed by atoms with Crippen molar-refractivity contribution >= 4 is 28.2 Å². The number of hydrogen-bond acceptors (Lipinski definition) is 6. The van der Waals surface area contributed by atoms with Gasteiger partial charge in [0.25, 0.3) is 0 Å². The van der Waals surface area contributed by atoms with E-state index in [9.17, 15) is 4.79 Å². The first-order valence-electron chi connectivity index (χ1n) is 7.25. The van der Waals surface area contributed by atoms with Gasteiger partial charge in [0.05, 0.1) is 6.20 Å². The number of ether oxygens (including phenoxy) is 1. The van der Waals surface area contributed by atoms with Crippen molar-refractivity contribution in [3.63, 3.8) is 0 Å². The van der Waals surface area contributed by atoms with Crippen LogP contribution >= 0.6 is 11.3 Å². The number of esters is 1. The van der Waals surface area contributed by atoms with Gasteiger partial charge in [0, 0.05) is 34.9 Å². The highest BCUT2D eigenvalue weighted by atomic mass is 32.1. The summed E-state index contributed by atoms with van der Waals surface area (Å²) in [5.41, 5.74) is 2.88. The SMILES string of the molecule is O=C(OCc1cccc2[nH]ccc12)c1csc(-c2cnccn2)n1. The summed E-state index contributed by atoms with van der Waals surface area (Å²) in [7, 11) is 0. The van der Waals surface area contributed by atoms with E-state index in [-0.39, 0.29) is 12.3 Å². The lowest BCUT2D eigenvalue weighted by atomic mass is 10.1. The highest BCUT2D eigenvalue weighted by Crippen LogP contribution is 2.22. The van der Waals surface area contributed by atoms with Crippen LogP contribution in [0.2, 0.25) is 0 Å². The number of rotatable bonds is 4. The summed E-state index contributed by atoms with van der Waals surface area (Å²) >= 11 is 1.34. The monoisotopic (exact) mass is 336 g/mol. The summed E-state index contributed by atoms with van der Waals surface area (Å²) in [5.74, 6) is -0.450. The quantitative estimate of drug-likeness (QED) is 0.577. The van der Waals surface area contributed by atoms with Gasteiger partial charge in [-0.25, -0.2) is 9.78 Å². The lowest BCUT2D eigenvalue weighted by molar-refractivity contribution is 0.0468. The average molecular weight is 336 g/mol. The minimum atomic E-state index is -0.450. The van der Waals surface area contributed by atoms with Gasteiger partial charge in [-0.05, 0) is 17.7 Å². The van der Waals surface area contributed by atoms with Crippen LogP contribution in [0.15, 0.2) is 54.4 Å². The molecule has 3 aromatic heterocycles. The Morgan fingerprint density at radius 3 is 3.08 bits per heavy atom. The molecule has 0 fully saturated rings. The second-order valence-corrected chi connectivity index (χ2v) is 5.92. The van der Waals surface area contributed by atoms with Gasteiger partial charge in [-0.3, -0.25) is 9.97 Å². The van der Waals surface area contributed by atoms with Crippen LogP contribution < -0.4 is 0 Å². The number of nitrogens with one attached hydrogen (secondary N) is 1. The highest BCUT2D eigenvalue weighted by molar-refractivity contribution is 7.13. The number of hydrogen-bond donors (Lipinski definition) is 1. The molecular formula is C17H12N4O2S. The van der Waals surface area contributed by atoms with Gasteiger partial charge in [0.2, 0.25) is 0 Å². The van der Waals surface area contributed by atoms with Crippen molar-refractivity contribution in [3.05, 3.63) is 65.7 Å². The number of benzene rings is 1. The van der Waals surface area contributed by atoms with Crippen LogP contribution in [0.4, 0.5) is 0 Å². The topological polar surface area (TPSA) is 80.8 Å². The second-order valence-electron chi connectivity index (χ2n) is 5.06. The Labute approximate surface area is 141 Å². The van der Waals surface area contributed by atoms with Crippen molar-refractivity contribution in [3.8, 4) is 10.7 Å². The smallest absolute Gasteiger partial charge is 0.358 e. The second kappa shape index (κ2) is 6.21. The van der Waals surface area contributed by atoms with Gasteiger partial charge in [-0.15, -0.1) is 11.3 Å². The Bertz CT molecular complexity index is 994. The molecule has 0 radical (unpaired) electrons. The number of aromatic nitrogens is 4. The first-order chi connectivity index (χ1) is 11.8. The van der Waals surface area contributed by atoms with Crippen LogP contribution in [0.25, 0.3) is 21.6 Å². The van der Waals surface area contributed by atoms with E-state index in [4.69, 9.17) is 4.74 Å². The van der Waals surface area contributed by atoms with Gasteiger partial charge in [0.15, 0.2) is 5.69 Å². The maximum atomic E-state index is 12.2. The third-order valence-corrected chi connectivity index (χ3v) is 4.40. The lowest BCUT2D eigenvalue weighted by Gasteiger charge is -2.04. The van der Waals surface area contributed by atoms with Gasteiger partial charge >= 0.3 is 5.97 Å². The van der Waals surface area contributed by atoms with Crippen LogP contribution in [-0.2, 0) is 11.3 Å². The van der Waals surface area contributed by atoms with E-state index in [1.54, 1.807) is 24.0 Å². The Morgan fingerprint density at radius 2 is 2.21 bits per heavy atom. The predicted molar refractivity (Wildman–Crippen MR) is 90.6 cm³/mol. The van der Waals surface area contributed by atoms with Crippen LogP contribution in [0, 0.1) is 0 Å². The Kier molecular flexibility index (Phi) is 3.76. The van der Waals surface area contributed by atoms with Gasteiger partial charge in [0.1, 0.15) is 17.3 Å². The molecule has 0 unspecified atom stereocenters. The van der Waals surface area contributed by atoms with E-state index in [2.05, 4.69) is 19.9 Å². The van der Waals surface area contributed by atoms with E-state index in [1.165, 1.54) is 11.3 Å². The molecule has 0 saturated heterocycles. The molecule has 0 spiro atoms. The number of fused-ring (bicyclic) bond motifs is 1. The molecule has 0 aliphatic rings. The largest absolute Gasteiger partial charge is 0.456 e. The van der Waals surface area contributed by atoms with Crippen LogP contribution in [-0.4, -0.2) is 25.9 Å². The zero-order valence-electron chi connectivity index (χ0n) is 12.5. The van der Waals surface area contributed by atoms with Crippen molar-refractivity contribution in [1.82, 2.24) is 19.9 Å². The average Bonchev–Trinajstić information content (AvgIpc) is 3.30. The molecule has 7 heteroatoms. The Hall–Kier alpha value is -3.06. The van der Waals surface area contributed by atoms with Gasteiger partial charge in [-0.2, -0.15) is 0 Å². The van der Waals surface area contributed by atoms with Gasteiger partial charge < -0.3 is 9.72 Å². The summed E-state index contributed by atoms with van der Waals surface area (Å²) in [6, 6.07) is 7.81. The first kappa shape index (κ1) is 14.5. The van der Waals surface area contributed by atoms with Crippen molar-refractivity contribution in [2.45, 2.75) is 6.61 Å². The minimum absolute atomic E-state index is 0.200. The number of H-pyrrole nitrogens is 1. The zero-order chi connectivity index (χ0) is 16.4. The third-order valence-electron chi connectivity index (χ3n) is 3.54. The van der Waals surface area contributed by atoms with Crippen molar-refractivity contribution in [2.24, 2.45) is 0 Å². The number of carbonyl (C=O) groups excluding carboxylic acids is 1. The number of aromatic amines is 1. The molecule has 3 heterocycles. The third kappa shape index (κ3) is 2.77. The van der Waals surface area contributed by atoms with Crippen LogP contribution in [0.5, 0.6) is 0 Å². The van der Waals surface area contributed by atoms with E-state index in [0.29, 0.717) is 10.7 Å². The molecule has 6 nitrogen and oxygen atoms in total. The molecule has 1 N–H and O–H groups in total. The zero-order valence-corrected chi connectivity index (χ0v) is 13.3. The Morgan fingerprint density at radius 1 is 1.25 bits per heavy atom. The molecule has 118 valence electrons. The van der Waals surface area contributed by atoms with E-state index >= 15 is 0 Å². The normalized spacial score (nSPS) is 10.8. The van der Waals surface area contributed by atoms with Crippen LogP contribution in [0.3, 0.4) is 0 Å². The molecule has 0 aliphatic heterocycles. The predicted octanol–water partition coefficient (Wildman–Crippen LogP) is 3.44. The Balaban J connectivity index is 1.49. The summed E-state index contributed by atoms with van der Waals surface area (Å²) in [5, 5.41) is 3.36. The van der Waals surface area contributed by atoms with E-state index < -0.39 is 5.97 Å². The highest BCUT2D eigenvalue weighted by Gasteiger charge is 2.14. The maximum absolute atomic E-state index is 12.2. The standard InChI is InChI=1S/C17H12N4O2S/c22-17(15-10-24-16(21-15)14-8-18-6-7-20-14)23-9-11-2-1-3-13-12(11)4-5-19-13/h1-8,10,19H,9H2. The minimum Gasteiger partial charge on any atom is -0.456 e. The number of carbonyl (C=O) groups is 1. The van der Waals surface area contributed by atoms with E-state index in [1.807, 2.05) is 30.5 Å². The van der Waals surface area contributed by atoms with Crippen molar-refractivity contribution in [2.75, 3.05) is 0 Å². The summed E-state index contributed by atoms with van der Waals surface area (Å²) in [6.07, 6.45) is 6.66. The van der Waals surface area contributed by atoms with Crippen molar-refractivity contribution in [1.29, 1.82) is 0 Å². The van der Waals surface area contributed by atoms with Gasteiger partial charge in [-0.1, -0.05) is 12.1 Å². The summed E-state index contributed by atoms with van der Waals surface area (Å²) < 4.78 is 5.40. The lowest BCUT2D eigenvalue weighted by Crippen LogP contribution is -2.06. The molecular weight excluding hydrogens is 324 g/mol. The fraction of sp³-hybridized carbons (Fsp3) is 0.0588. The molecule has 0 saturated carbocycles. The molecule has 4 aromatic rings. The molecule has 0 atom stereocenters. The first-order valence-corrected chi connectivity index (χ1v) is 8.13. The summed E-state index contributed by atoms with van der Waals surface area (Å²) in [4.78, 5) is 27.8. The molecule has 0 amide bonds. The fourth-order valence-electron chi connectivity index (χ4n) is 2.39. The van der Waals surface area contributed by atoms with Crippen LogP contribution in [0.1, 0.15) is 16.1 Å². The number of thiazole rings is 1. The molecule has 24 heavy (non-hydrogen) atoms. The summed E-state index contributed by atoms with van der Waals surface area (Å²) in [6.45, 7) is 0.200. The molecule has 1 aromatic carbocycles. The van der Waals surface area contributed by atoms with Crippen molar-refractivity contribution < 1.29 is 9.53 Å². The molecule has 4 rings (SSSR count). The fourth-order valence-corrected chi connectivity index (χ4v) is 3.14.